The molecule has 2 aromatic rings. The van der Waals surface area contributed by atoms with Crippen LogP contribution in [0.3, 0.4) is 0 Å². The number of hydrogen-bond donors (Lipinski definition) is 0. The first kappa shape index (κ1) is 15.2. The molecule has 2 rings (SSSR count). The van der Waals surface area contributed by atoms with E-state index in [1.54, 1.807) is 6.92 Å². The second-order valence-electron chi connectivity index (χ2n) is 4.28. The largest absolute Gasteiger partial charge is 0.465 e. The van der Waals surface area contributed by atoms with Gasteiger partial charge in [-0.15, -0.1) is 0 Å². The van der Waals surface area contributed by atoms with Crippen molar-refractivity contribution in [2.24, 2.45) is 0 Å². The molecule has 1 heterocycles. The fourth-order valence-corrected chi connectivity index (χ4v) is 1.89. The van der Waals surface area contributed by atoms with Crippen molar-refractivity contribution in [1.82, 2.24) is 10.1 Å². The smallest absolute Gasteiger partial charge is 0.323 e. The van der Waals surface area contributed by atoms with E-state index in [0.29, 0.717) is 19.0 Å². The molecule has 0 aliphatic rings. The van der Waals surface area contributed by atoms with Gasteiger partial charge in [-0.25, -0.2) is 0 Å². The highest BCUT2D eigenvalue weighted by Crippen LogP contribution is 2.24. The highest BCUT2D eigenvalue weighted by atomic mass is 16.5. The maximum atomic E-state index is 12.2. The van der Waals surface area contributed by atoms with Gasteiger partial charge in [-0.2, -0.15) is 4.98 Å². The third-order valence-electron chi connectivity index (χ3n) is 2.82. The van der Waals surface area contributed by atoms with Crippen LogP contribution >= 0.6 is 0 Å². The first-order valence-electron chi connectivity index (χ1n) is 6.88. The van der Waals surface area contributed by atoms with Gasteiger partial charge in [0.05, 0.1) is 6.61 Å². The van der Waals surface area contributed by atoms with Gasteiger partial charge in [-0.1, -0.05) is 35.5 Å². The Labute approximate surface area is 123 Å². The molecule has 0 saturated carbocycles. The summed E-state index contributed by atoms with van der Waals surface area (Å²) in [5.41, 5.74) is 0.752. The van der Waals surface area contributed by atoms with Crippen molar-refractivity contribution in [3.05, 3.63) is 47.6 Å². The number of aromatic nitrogens is 2. The Morgan fingerprint density at radius 1 is 1.24 bits per heavy atom. The first-order valence-corrected chi connectivity index (χ1v) is 6.88. The summed E-state index contributed by atoms with van der Waals surface area (Å²) >= 11 is 0. The van der Waals surface area contributed by atoms with Crippen molar-refractivity contribution in [1.29, 1.82) is 0 Å². The summed E-state index contributed by atoms with van der Waals surface area (Å²) in [5, 5.41) is 3.82. The van der Waals surface area contributed by atoms with E-state index < -0.39 is 11.9 Å². The minimum atomic E-state index is -0.714. The lowest BCUT2D eigenvalue weighted by molar-refractivity contribution is -0.144. The zero-order chi connectivity index (χ0) is 15.1. The summed E-state index contributed by atoms with van der Waals surface area (Å²) in [6.07, 6.45) is 0. The Morgan fingerprint density at radius 3 is 2.67 bits per heavy atom. The molecule has 0 N–H and O–H groups in total. The van der Waals surface area contributed by atoms with E-state index in [0.717, 1.165) is 5.56 Å². The maximum Gasteiger partial charge on any atom is 0.323 e. The Kier molecular flexibility index (Phi) is 5.45. The second-order valence-corrected chi connectivity index (χ2v) is 4.28. The van der Waals surface area contributed by atoms with Crippen LogP contribution in [0.25, 0.3) is 0 Å². The van der Waals surface area contributed by atoms with Gasteiger partial charge >= 0.3 is 5.97 Å². The normalized spacial score (nSPS) is 12.1. The molecule has 0 fully saturated rings. The Hall–Kier alpha value is -2.21. The van der Waals surface area contributed by atoms with Crippen LogP contribution in [-0.2, 0) is 20.9 Å². The SMILES string of the molecule is CCOCc1noc(C(C(=O)OCC)c2ccccc2)n1. The number of benzene rings is 1. The molecule has 1 aromatic carbocycles. The molecule has 0 aliphatic carbocycles. The minimum absolute atomic E-state index is 0.217. The average molecular weight is 290 g/mol. The van der Waals surface area contributed by atoms with Gasteiger partial charge in [0.2, 0.25) is 5.89 Å². The highest BCUT2D eigenvalue weighted by molar-refractivity contribution is 5.80. The number of nitrogens with zero attached hydrogens (tertiary/aromatic N) is 2. The van der Waals surface area contributed by atoms with E-state index in [1.807, 2.05) is 37.3 Å². The molecule has 1 atom stereocenters. The van der Waals surface area contributed by atoms with Crippen molar-refractivity contribution < 1.29 is 18.8 Å². The maximum absolute atomic E-state index is 12.2. The number of hydrogen-bond acceptors (Lipinski definition) is 6. The molecule has 1 unspecified atom stereocenters. The number of ether oxygens (including phenoxy) is 2. The van der Waals surface area contributed by atoms with Crippen LogP contribution in [0.5, 0.6) is 0 Å². The molecule has 21 heavy (non-hydrogen) atoms. The van der Waals surface area contributed by atoms with Gasteiger partial charge in [0.15, 0.2) is 11.7 Å². The van der Waals surface area contributed by atoms with E-state index in [1.165, 1.54) is 0 Å². The van der Waals surface area contributed by atoms with Crippen LogP contribution in [-0.4, -0.2) is 29.3 Å². The summed E-state index contributed by atoms with van der Waals surface area (Å²) in [6.45, 7) is 4.75. The van der Waals surface area contributed by atoms with Gasteiger partial charge in [0.1, 0.15) is 6.61 Å². The summed E-state index contributed by atoms with van der Waals surface area (Å²) in [5.74, 6) is -0.490. The zero-order valence-electron chi connectivity index (χ0n) is 12.1. The molecule has 6 heteroatoms. The molecule has 0 radical (unpaired) electrons. The molecule has 0 spiro atoms. The van der Waals surface area contributed by atoms with E-state index in [4.69, 9.17) is 14.0 Å². The van der Waals surface area contributed by atoms with Gasteiger partial charge in [0.25, 0.3) is 0 Å². The number of rotatable bonds is 7. The molecule has 112 valence electrons. The van der Waals surface area contributed by atoms with Gasteiger partial charge < -0.3 is 14.0 Å². The van der Waals surface area contributed by atoms with E-state index in [-0.39, 0.29) is 12.5 Å². The second kappa shape index (κ2) is 7.54. The predicted octanol–water partition coefficient (Wildman–Crippen LogP) is 2.30. The van der Waals surface area contributed by atoms with Crippen molar-refractivity contribution in [2.75, 3.05) is 13.2 Å². The molecule has 0 amide bonds. The number of carbonyl (C=O) groups is 1. The topological polar surface area (TPSA) is 74.5 Å². The zero-order valence-corrected chi connectivity index (χ0v) is 12.1. The van der Waals surface area contributed by atoms with Crippen molar-refractivity contribution in [3.8, 4) is 0 Å². The standard InChI is InChI=1S/C15H18N2O4/c1-3-19-10-12-16-14(21-17-12)13(15(18)20-4-2)11-8-6-5-7-9-11/h5-9,13H,3-4,10H2,1-2H3. The molecular formula is C15H18N2O4. The van der Waals surface area contributed by atoms with E-state index in [2.05, 4.69) is 10.1 Å². The fourth-order valence-electron chi connectivity index (χ4n) is 1.89. The van der Waals surface area contributed by atoms with Crippen LogP contribution < -0.4 is 0 Å². The summed E-state index contributed by atoms with van der Waals surface area (Å²) in [4.78, 5) is 16.4. The molecule has 1 aromatic heterocycles. The minimum Gasteiger partial charge on any atom is -0.465 e. The van der Waals surface area contributed by atoms with Crippen LogP contribution in [0, 0.1) is 0 Å². The van der Waals surface area contributed by atoms with E-state index in [9.17, 15) is 4.79 Å². The van der Waals surface area contributed by atoms with Crippen molar-refractivity contribution in [2.45, 2.75) is 26.4 Å². The highest BCUT2D eigenvalue weighted by Gasteiger charge is 2.29. The quantitative estimate of drug-likeness (QED) is 0.728. The van der Waals surface area contributed by atoms with Crippen LogP contribution in [0.15, 0.2) is 34.9 Å². The van der Waals surface area contributed by atoms with Gasteiger partial charge in [-0.05, 0) is 19.4 Å². The Bertz CT molecular complexity index is 568. The lowest BCUT2D eigenvalue weighted by Crippen LogP contribution is -2.17. The monoisotopic (exact) mass is 290 g/mol. The summed E-state index contributed by atoms with van der Waals surface area (Å²) < 4.78 is 15.5. The predicted molar refractivity (Wildman–Crippen MR) is 74.5 cm³/mol. The Morgan fingerprint density at radius 2 is 2.00 bits per heavy atom. The van der Waals surface area contributed by atoms with Gasteiger partial charge in [-0.3, -0.25) is 4.79 Å². The molecule has 0 aliphatic heterocycles. The summed E-state index contributed by atoms with van der Waals surface area (Å²) in [7, 11) is 0. The Balaban J connectivity index is 2.27. The average Bonchev–Trinajstić information content (AvgIpc) is 2.95. The van der Waals surface area contributed by atoms with Crippen LogP contribution in [0.4, 0.5) is 0 Å². The molecule has 0 bridgehead atoms. The molecular weight excluding hydrogens is 272 g/mol. The van der Waals surface area contributed by atoms with Crippen molar-refractivity contribution in [3.63, 3.8) is 0 Å². The summed E-state index contributed by atoms with van der Waals surface area (Å²) in [6, 6.07) is 9.22. The van der Waals surface area contributed by atoms with E-state index >= 15 is 0 Å². The number of esters is 1. The molecule has 6 nitrogen and oxygen atoms in total. The first-order chi connectivity index (χ1) is 10.3. The lowest BCUT2D eigenvalue weighted by atomic mass is 9.99. The number of carbonyl (C=O) groups excluding carboxylic acids is 1. The van der Waals surface area contributed by atoms with Crippen molar-refractivity contribution >= 4 is 5.97 Å². The van der Waals surface area contributed by atoms with Gasteiger partial charge in [0, 0.05) is 6.61 Å². The third kappa shape index (κ3) is 3.88. The molecule has 0 saturated heterocycles. The third-order valence-corrected chi connectivity index (χ3v) is 2.82. The van der Waals surface area contributed by atoms with Crippen LogP contribution in [0.2, 0.25) is 0 Å². The lowest BCUT2D eigenvalue weighted by Gasteiger charge is -2.11. The van der Waals surface area contributed by atoms with Crippen LogP contribution in [0.1, 0.15) is 37.0 Å². The fraction of sp³-hybridized carbons (Fsp3) is 0.400.